The van der Waals surface area contributed by atoms with Gasteiger partial charge in [0.25, 0.3) is 5.91 Å². The molecule has 2 aliphatic rings. The molecule has 3 aromatic carbocycles. The van der Waals surface area contributed by atoms with Crippen molar-refractivity contribution in [1.29, 1.82) is 0 Å². The molecular weight excluding hydrogens is 526 g/mol. The first-order chi connectivity index (χ1) is 18.9. The molecule has 1 saturated heterocycles. The first-order valence-corrected chi connectivity index (χ1v) is 12.0. The van der Waals surface area contributed by atoms with Crippen LogP contribution in [0.1, 0.15) is 82.9 Å². The second kappa shape index (κ2) is 9.29. The molecule has 3 aromatic rings. The van der Waals surface area contributed by atoms with E-state index in [1.165, 1.54) is 24.3 Å². The molecule has 2 atom stereocenters. The number of carboxylic acid groups (broad SMARTS) is 1. The number of phenols is 3. The van der Waals surface area contributed by atoms with Crippen LogP contribution in [-0.2, 0) is 15.3 Å². The zero-order chi connectivity index (χ0) is 29.1. The largest absolute Gasteiger partial charge is 0.507 e. The van der Waals surface area contributed by atoms with Gasteiger partial charge in [-0.15, -0.1) is 0 Å². The van der Waals surface area contributed by atoms with Gasteiger partial charge in [-0.3, -0.25) is 24.0 Å². The second-order valence-electron chi connectivity index (χ2n) is 9.48. The lowest BCUT2D eigenvalue weighted by molar-refractivity contribution is -0.203. The number of phenolic OH excluding ortho intramolecular Hbond substituents is 2. The Kier molecular flexibility index (Phi) is 6.16. The fraction of sp³-hybridized carbons (Fsp3) is 0.179. The number of amides is 1. The number of ether oxygens (including phenoxy) is 1. The van der Waals surface area contributed by atoms with E-state index in [-0.39, 0.29) is 24.0 Å². The van der Waals surface area contributed by atoms with E-state index >= 15 is 0 Å². The third-order valence-electron chi connectivity index (χ3n) is 7.03. The van der Waals surface area contributed by atoms with Crippen LogP contribution in [0.5, 0.6) is 17.2 Å². The zero-order valence-electron chi connectivity index (χ0n) is 20.5. The number of nitrogens with two attached hydrogens (primary N) is 1. The van der Waals surface area contributed by atoms with E-state index < -0.39 is 98.2 Å². The molecule has 1 aliphatic heterocycles. The summed E-state index contributed by atoms with van der Waals surface area (Å²) in [6.45, 7) is 0. The highest BCUT2D eigenvalue weighted by Gasteiger charge is 2.45. The van der Waals surface area contributed by atoms with Crippen molar-refractivity contribution in [3.63, 3.8) is 0 Å². The van der Waals surface area contributed by atoms with Crippen LogP contribution >= 0.6 is 0 Å². The number of primary amides is 1. The van der Waals surface area contributed by atoms with Gasteiger partial charge in [-0.2, -0.15) is 0 Å². The van der Waals surface area contributed by atoms with Crippen LogP contribution in [0.4, 0.5) is 0 Å². The van der Waals surface area contributed by atoms with Crippen molar-refractivity contribution in [2.45, 2.75) is 31.2 Å². The molecule has 1 aliphatic carbocycles. The number of rotatable bonds is 6. The van der Waals surface area contributed by atoms with Gasteiger partial charge in [0.05, 0.1) is 34.8 Å². The maximum atomic E-state index is 14.2. The Morgan fingerprint density at radius 1 is 0.875 bits per heavy atom. The summed E-state index contributed by atoms with van der Waals surface area (Å²) in [6.07, 6.45) is -1.46. The maximum absolute atomic E-state index is 14.2. The Balaban J connectivity index is 1.76. The highest BCUT2D eigenvalue weighted by Crippen LogP contribution is 2.44. The van der Waals surface area contributed by atoms with Crippen LogP contribution in [-0.4, -0.2) is 60.9 Å². The number of aliphatic carboxylic acids is 1. The zero-order valence-corrected chi connectivity index (χ0v) is 20.5. The topological polar surface area (TPSA) is 222 Å². The predicted octanol–water partition coefficient (Wildman–Crippen LogP) is 1.71. The van der Waals surface area contributed by atoms with Gasteiger partial charge in [-0.1, -0.05) is 24.3 Å². The number of ketones is 3. The van der Waals surface area contributed by atoms with Crippen molar-refractivity contribution >= 4 is 29.2 Å². The molecule has 0 spiro atoms. The van der Waals surface area contributed by atoms with Gasteiger partial charge in [0, 0.05) is 28.7 Å². The molecule has 5 rings (SSSR count). The Morgan fingerprint density at radius 2 is 1.55 bits per heavy atom. The second-order valence-corrected chi connectivity index (χ2v) is 9.48. The van der Waals surface area contributed by atoms with E-state index in [0.29, 0.717) is 0 Å². The molecule has 0 aromatic heterocycles. The number of hydrogen-bond acceptors (Lipinski definition) is 10. The molecule has 1 fully saturated rings. The van der Waals surface area contributed by atoms with Gasteiger partial charge in [-0.05, 0) is 24.6 Å². The standard InChI is InChI=1S/C28H21NO11/c29-27(38)22-17(32)10-13-20(25(36)19-12(24(13)35)3-1-5-15(19)30)23(22)26(37)21-14(4-2-6-16(21)31)28(39)8-7-11(40-28)9-18(33)34/h1-6,10-11,30-32,39H,7-9H2,(H2,29,38)(H,33,34). The molecule has 12 heteroatoms. The van der Waals surface area contributed by atoms with E-state index in [0.717, 1.165) is 18.2 Å². The summed E-state index contributed by atoms with van der Waals surface area (Å²) in [5.74, 6) is -10.1. The van der Waals surface area contributed by atoms with Crippen molar-refractivity contribution in [3.8, 4) is 17.2 Å². The van der Waals surface area contributed by atoms with Gasteiger partial charge in [-0.25, -0.2) is 0 Å². The summed E-state index contributed by atoms with van der Waals surface area (Å²) in [7, 11) is 0. The van der Waals surface area contributed by atoms with Gasteiger partial charge in [0.2, 0.25) is 0 Å². The third-order valence-corrected chi connectivity index (χ3v) is 7.03. The predicted molar refractivity (Wildman–Crippen MR) is 133 cm³/mol. The third kappa shape index (κ3) is 3.97. The molecule has 2 unspecified atom stereocenters. The van der Waals surface area contributed by atoms with E-state index in [2.05, 4.69) is 0 Å². The number of carbonyl (C=O) groups is 5. The summed E-state index contributed by atoms with van der Waals surface area (Å²) in [5.41, 5.74) is 1.11. The number of hydrogen-bond donors (Lipinski definition) is 6. The van der Waals surface area contributed by atoms with Crippen molar-refractivity contribution in [3.05, 3.63) is 87.0 Å². The quantitative estimate of drug-likeness (QED) is 0.191. The van der Waals surface area contributed by atoms with Crippen LogP contribution < -0.4 is 5.73 Å². The smallest absolute Gasteiger partial charge is 0.305 e. The van der Waals surface area contributed by atoms with Crippen molar-refractivity contribution in [2.24, 2.45) is 5.73 Å². The van der Waals surface area contributed by atoms with Gasteiger partial charge in [0.15, 0.2) is 23.1 Å². The van der Waals surface area contributed by atoms with Gasteiger partial charge >= 0.3 is 5.97 Å². The number of fused-ring (bicyclic) bond motifs is 2. The van der Waals surface area contributed by atoms with E-state index in [1.54, 1.807) is 0 Å². The minimum Gasteiger partial charge on any atom is -0.507 e. The monoisotopic (exact) mass is 547 g/mol. The molecule has 0 radical (unpaired) electrons. The van der Waals surface area contributed by atoms with Crippen LogP contribution in [0.2, 0.25) is 0 Å². The SMILES string of the molecule is NC(=O)c1c(O)cc2c(c1C(=O)c1c(O)cccc1C1(O)CCC(CC(=O)O)O1)C(=O)c1c(O)cccc1C2=O. The van der Waals surface area contributed by atoms with Crippen molar-refractivity contribution < 1.29 is 54.2 Å². The van der Waals surface area contributed by atoms with Gasteiger partial charge in [0.1, 0.15) is 17.2 Å². The summed E-state index contributed by atoms with van der Waals surface area (Å²) in [4.78, 5) is 64.8. The lowest BCUT2D eigenvalue weighted by atomic mass is 9.77. The van der Waals surface area contributed by atoms with Gasteiger partial charge < -0.3 is 36.0 Å². The molecule has 7 N–H and O–H groups in total. The van der Waals surface area contributed by atoms with Crippen molar-refractivity contribution in [2.75, 3.05) is 0 Å². The number of aliphatic hydroxyl groups is 1. The summed E-state index contributed by atoms with van der Waals surface area (Å²) in [6, 6.07) is 8.13. The van der Waals surface area contributed by atoms with Crippen LogP contribution in [0.3, 0.4) is 0 Å². The lowest BCUT2D eigenvalue weighted by Crippen LogP contribution is -2.31. The highest BCUT2D eigenvalue weighted by atomic mass is 16.6. The minimum absolute atomic E-state index is 0.0865. The Hall–Kier alpha value is -5.07. The highest BCUT2D eigenvalue weighted by molar-refractivity contribution is 6.34. The summed E-state index contributed by atoms with van der Waals surface area (Å²) >= 11 is 0. The Morgan fingerprint density at radius 3 is 2.23 bits per heavy atom. The first kappa shape index (κ1) is 26.5. The molecule has 12 nitrogen and oxygen atoms in total. The van der Waals surface area contributed by atoms with E-state index in [4.69, 9.17) is 15.6 Å². The molecule has 0 saturated carbocycles. The molecule has 204 valence electrons. The average molecular weight is 547 g/mol. The van der Waals surface area contributed by atoms with Crippen LogP contribution in [0, 0.1) is 0 Å². The number of carboxylic acids is 1. The molecule has 0 bridgehead atoms. The molecular formula is C28H21NO11. The first-order valence-electron chi connectivity index (χ1n) is 12.0. The number of benzene rings is 3. The van der Waals surface area contributed by atoms with E-state index in [1.807, 2.05) is 0 Å². The Labute approximate surface area is 224 Å². The number of aromatic hydroxyl groups is 3. The van der Waals surface area contributed by atoms with Crippen LogP contribution in [0.25, 0.3) is 0 Å². The maximum Gasteiger partial charge on any atom is 0.305 e. The fourth-order valence-corrected chi connectivity index (χ4v) is 5.31. The van der Waals surface area contributed by atoms with Crippen molar-refractivity contribution in [1.82, 2.24) is 0 Å². The fourth-order valence-electron chi connectivity index (χ4n) is 5.31. The summed E-state index contributed by atoms with van der Waals surface area (Å²) < 4.78 is 5.56. The van der Waals surface area contributed by atoms with Crippen LogP contribution in [0.15, 0.2) is 42.5 Å². The molecule has 40 heavy (non-hydrogen) atoms. The Bertz CT molecular complexity index is 1680. The summed E-state index contributed by atoms with van der Waals surface area (Å²) in [5, 5.41) is 52.2. The minimum atomic E-state index is -2.25. The average Bonchev–Trinajstić information content (AvgIpc) is 3.26. The van der Waals surface area contributed by atoms with E-state index in [9.17, 15) is 44.4 Å². The lowest BCUT2D eigenvalue weighted by Gasteiger charge is -2.27. The normalized spacial score (nSPS) is 19.7. The number of carbonyl (C=O) groups excluding carboxylic acids is 4. The molecule has 1 heterocycles. The molecule has 1 amide bonds.